The lowest BCUT2D eigenvalue weighted by atomic mass is 9.90. The quantitative estimate of drug-likeness (QED) is 0.786. The molecular weight excluding hydrogens is 236 g/mol. The zero-order valence-corrected chi connectivity index (χ0v) is 13.1. The molecule has 0 amide bonds. The van der Waals surface area contributed by atoms with E-state index in [2.05, 4.69) is 41.0 Å². The molecule has 1 N–H and O–H groups in total. The fourth-order valence-corrected chi connectivity index (χ4v) is 3.46. The zero-order valence-electron chi connectivity index (χ0n) is 13.1. The number of nitrogens with one attached hydrogen (secondary N) is 1. The van der Waals surface area contributed by atoms with Crippen LogP contribution in [0.25, 0.3) is 0 Å². The van der Waals surface area contributed by atoms with Crippen LogP contribution in [0.4, 0.5) is 0 Å². The van der Waals surface area contributed by atoms with E-state index in [0.29, 0.717) is 0 Å². The summed E-state index contributed by atoms with van der Waals surface area (Å²) < 4.78 is 0. The molecule has 19 heavy (non-hydrogen) atoms. The molecule has 0 aliphatic carbocycles. The molecule has 0 aromatic rings. The number of piperazine rings is 1. The molecular formula is C15H32N4. The highest BCUT2D eigenvalue weighted by molar-refractivity contribution is 4.84. The van der Waals surface area contributed by atoms with Crippen LogP contribution in [0.1, 0.15) is 19.8 Å². The average Bonchev–Trinajstić information content (AvgIpc) is 2.46. The molecule has 0 aromatic heterocycles. The smallest absolute Gasteiger partial charge is 0.0117 e. The van der Waals surface area contributed by atoms with Crippen molar-refractivity contribution in [1.29, 1.82) is 0 Å². The molecule has 112 valence electrons. The molecule has 2 atom stereocenters. The summed E-state index contributed by atoms with van der Waals surface area (Å²) in [6.07, 6.45) is 2.62. The van der Waals surface area contributed by atoms with Crippen molar-refractivity contribution in [3.8, 4) is 0 Å². The maximum atomic E-state index is 3.49. The molecule has 0 radical (unpaired) electrons. The minimum absolute atomic E-state index is 0.741. The van der Waals surface area contributed by atoms with Gasteiger partial charge in [-0.2, -0.15) is 0 Å². The zero-order chi connectivity index (χ0) is 13.7. The summed E-state index contributed by atoms with van der Waals surface area (Å²) in [7, 11) is 4.35. The van der Waals surface area contributed by atoms with Crippen molar-refractivity contribution in [3.63, 3.8) is 0 Å². The van der Waals surface area contributed by atoms with E-state index in [4.69, 9.17) is 0 Å². The number of likely N-dealkylation sites (N-methyl/N-ethyl adjacent to an activating group) is 1. The highest BCUT2D eigenvalue weighted by atomic mass is 15.3. The minimum atomic E-state index is 0.741. The summed E-state index contributed by atoms with van der Waals surface area (Å²) in [6, 6.07) is 0.741. The number of hydrogen-bond donors (Lipinski definition) is 1. The maximum Gasteiger partial charge on any atom is 0.0117 e. The highest BCUT2D eigenvalue weighted by Crippen LogP contribution is 2.19. The lowest BCUT2D eigenvalue weighted by Gasteiger charge is -2.40. The van der Waals surface area contributed by atoms with E-state index in [1.54, 1.807) is 0 Å². The van der Waals surface area contributed by atoms with Gasteiger partial charge in [-0.15, -0.1) is 0 Å². The summed E-state index contributed by atoms with van der Waals surface area (Å²) in [5.41, 5.74) is 0. The van der Waals surface area contributed by atoms with Gasteiger partial charge in [0.05, 0.1) is 0 Å². The van der Waals surface area contributed by atoms with E-state index in [-0.39, 0.29) is 0 Å². The standard InChI is InChI=1S/C15H32N4/c1-4-14-13-19(6-5-15(14)16-2)12-11-18-9-7-17(3)8-10-18/h14-16H,4-13H2,1-3H3. The molecule has 2 heterocycles. The van der Waals surface area contributed by atoms with Crippen LogP contribution in [0.3, 0.4) is 0 Å². The first-order valence-corrected chi connectivity index (χ1v) is 8.03. The minimum Gasteiger partial charge on any atom is -0.317 e. The first-order valence-electron chi connectivity index (χ1n) is 8.03. The van der Waals surface area contributed by atoms with Gasteiger partial charge in [-0.25, -0.2) is 0 Å². The second-order valence-corrected chi connectivity index (χ2v) is 6.30. The van der Waals surface area contributed by atoms with E-state index in [9.17, 15) is 0 Å². The Morgan fingerprint density at radius 1 is 1.00 bits per heavy atom. The lowest BCUT2D eigenvalue weighted by Crippen LogP contribution is -2.51. The fourth-order valence-electron chi connectivity index (χ4n) is 3.46. The molecule has 4 nitrogen and oxygen atoms in total. The van der Waals surface area contributed by atoms with Gasteiger partial charge in [0.15, 0.2) is 0 Å². The van der Waals surface area contributed by atoms with Crippen molar-refractivity contribution in [2.24, 2.45) is 5.92 Å². The van der Waals surface area contributed by atoms with Crippen molar-refractivity contribution < 1.29 is 0 Å². The Morgan fingerprint density at radius 2 is 1.68 bits per heavy atom. The molecule has 2 aliphatic rings. The van der Waals surface area contributed by atoms with Crippen LogP contribution in [0, 0.1) is 5.92 Å². The molecule has 0 spiro atoms. The van der Waals surface area contributed by atoms with Crippen LogP contribution < -0.4 is 5.32 Å². The van der Waals surface area contributed by atoms with Crippen LogP contribution >= 0.6 is 0 Å². The van der Waals surface area contributed by atoms with Crippen LogP contribution in [0.15, 0.2) is 0 Å². The van der Waals surface area contributed by atoms with E-state index >= 15 is 0 Å². The van der Waals surface area contributed by atoms with Gasteiger partial charge in [-0.1, -0.05) is 13.3 Å². The van der Waals surface area contributed by atoms with Gasteiger partial charge in [0.2, 0.25) is 0 Å². The van der Waals surface area contributed by atoms with Crippen molar-refractivity contribution >= 4 is 0 Å². The topological polar surface area (TPSA) is 21.8 Å². The normalized spacial score (nSPS) is 31.7. The molecule has 4 heteroatoms. The molecule has 2 aliphatic heterocycles. The van der Waals surface area contributed by atoms with Gasteiger partial charge in [0.1, 0.15) is 0 Å². The number of piperidine rings is 1. The SMILES string of the molecule is CCC1CN(CCN2CCN(C)CC2)CCC1NC. The predicted molar refractivity (Wildman–Crippen MR) is 81.6 cm³/mol. The third-order valence-corrected chi connectivity index (χ3v) is 5.04. The second-order valence-electron chi connectivity index (χ2n) is 6.30. The van der Waals surface area contributed by atoms with Gasteiger partial charge in [-0.3, -0.25) is 4.90 Å². The Kier molecular flexibility index (Phi) is 6.07. The van der Waals surface area contributed by atoms with Crippen molar-refractivity contribution in [2.45, 2.75) is 25.8 Å². The Bertz CT molecular complexity index is 251. The van der Waals surface area contributed by atoms with E-state index in [0.717, 1.165) is 12.0 Å². The lowest BCUT2D eigenvalue weighted by molar-refractivity contribution is 0.102. The number of nitrogens with zero attached hydrogens (tertiary/aromatic N) is 3. The Balaban J connectivity index is 1.69. The Morgan fingerprint density at radius 3 is 2.32 bits per heavy atom. The fraction of sp³-hybridized carbons (Fsp3) is 1.00. The van der Waals surface area contributed by atoms with E-state index < -0.39 is 0 Å². The Labute approximate surface area is 119 Å². The average molecular weight is 268 g/mol. The second kappa shape index (κ2) is 7.58. The first kappa shape index (κ1) is 15.2. The molecule has 0 saturated carbocycles. The van der Waals surface area contributed by atoms with Crippen LogP contribution in [-0.2, 0) is 0 Å². The summed E-state index contributed by atoms with van der Waals surface area (Å²) in [5.74, 6) is 0.839. The molecule has 2 saturated heterocycles. The highest BCUT2D eigenvalue weighted by Gasteiger charge is 2.26. The molecule has 2 rings (SSSR count). The summed E-state index contributed by atoms with van der Waals surface area (Å²) >= 11 is 0. The Hall–Kier alpha value is -0.160. The van der Waals surface area contributed by atoms with Crippen molar-refractivity contribution in [2.75, 3.05) is 66.5 Å². The van der Waals surface area contributed by atoms with Gasteiger partial charge >= 0.3 is 0 Å². The van der Waals surface area contributed by atoms with Gasteiger partial charge in [0, 0.05) is 51.9 Å². The van der Waals surface area contributed by atoms with Crippen LogP contribution in [0.5, 0.6) is 0 Å². The first-order chi connectivity index (χ1) is 9.22. The van der Waals surface area contributed by atoms with Crippen LogP contribution in [0.2, 0.25) is 0 Å². The summed E-state index contributed by atoms with van der Waals surface area (Å²) in [4.78, 5) is 7.74. The van der Waals surface area contributed by atoms with E-state index in [1.165, 1.54) is 65.2 Å². The molecule has 0 aromatic carbocycles. The number of hydrogen-bond acceptors (Lipinski definition) is 4. The third-order valence-electron chi connectivity index (χ3n) is 5.04. The van der Waals surface area contributed by atoms with Gasteiger partial charge in [0.25, 0.3) is 0 Å². The largest absolute Gasteiger partial charge is 0.317 e. The monoisotopic (exact) mass is 268 g/mol. The van der Waals surface area contributed by atoms with Gasteiger partial charge in [-0.05, 0) is 33.0 Å². The van der Waals surface area contributed by atoms with Crippen molar-refractivity contribution in [3.05, 3.63) is 0 Å². The van der Waals surface area contributed by atoms with Crippen molar-refractivity contribution in [1.82, 2.24) is 20.0 Å². The number of likely N-dealkylation sites (tertiary alicyclic amines) is 1. The molecule has 0 bridgehead atoms. The predicted octanol–water partition coefficient (Wildman–Crippen LogP) is 0.554. The third kappa shape index (κ3) is 4.42. The molecule has 2 fully saturated rings. The van der Waals surface area contributed by atoms with E-state index in [1.807, 2.05) is 0 Å². The van der Waals surface area contributed by atoms with Crippen LogP contribution in [-0.4, -0.2) is 87.2 Å². The van der Waals surface area contributed by atoms with Gasteiger partial charge < -0.3 is 15.1 Å². The summed E-state index contributed by atoms with van der Waals surface area (Å²) in [6.45, 7) is 12.4. The summed E-state index contributed by atoms with van der Waals surface area (Å²) in [5, 5.41) is 3.49. The molecule has 2 unspecified atom stereocenters. The number of rotatable bonds is 5. The maximum absolute atomic E-state index is 3.49.